The average Bonchev–Trinajstić information content (AvgIpc) is 2.72. The smallest absolute Gasteiger partial charge is 0.246 e. The highest BCUT2D eigenvalue weighted by Crippen LogP contribution is 2.21. The van der Waals surface area contributed by atoms with Crippen LogP contribution in [0.15, 0.2) is 60.7 Å². The molecule has 1 saturated heterocycles. The van der Waals surface area contributed by atoms with Crippen LogP contribution in [0.5, 0.6) is 0 Å². The number of hydrogen-bond acceptors (Lipinski definition) is 3. The fourth-order valence-corrected chi connectivity index (χ4v) is 3.32. The molecule has 29 heavy (non-hydrogen) atoms. The van der Waals surface area contributed by atoms with Crippen LogP contribution in [0.2, 0.25) is 0 Å². The Morgan fingerprint density at radius 1 is 0.931 bits per heavy atom. The summed E-state index contributed by atoms with van der Waals surface area (Å²) in [6.07, 6.45) is 4.65. The standard InChI is InChI=1S/C23H25N3O3/c1-17(27)24-20-8-5-9-21(16-20)25-23(29)19-12-14-26(15-13-19)22(28)11-10-18-6-3-2-4-7-18/h2-11,16,19H,12-15H2,1H3,(H,24,27)(H,25,29)/b11-10+. The van der Waals surface area contributed by atoms with Crippen LogP contribution in [0.3, 0.4) is 0 Å². The summed E-state index contributed by atoms with van der Waals surface area (Å²) in [5.41, 5.74) is 2.27. The summed E-state index contributed by atoms with van der Waals surface area (Å²) in [5.74, 6) is -0.388. The van der Waals surface area contributed by atoms with Crippen LogP contribution in [0, 0.1) is 5.92 Å². The minimum Gasteiger partial charge on any atom is -0.339 e. The molecule has 0 unspecified atom stereocenters. The van der Waals surface area contributed by atoms with Gasteiger partial charge in [-0.05, 0) is 42.7 Å². The van der Waals surface area contributed by atoms with Gasteiger partial charge >= 0.3 is 0 Å². The van der Waals surface area contributed by atoms with Gasteiger partial charge in [0, 0.05) is 43.4 Å². The van der Waals surface area contributed by atoms with Gasteiger partial charge in [-0.25, -0.2) is 0 Å². The number of amides is 3. The highest BCUT2D eigenvalue weighted by Gasteiger charge is 2.26. The van der Waals surface area contributed by atoms with E-state index in [1.807, 2.05) is 36.4 Å². The fraction of sp³-hybridized carbons (Fsp3) is 0.261. The van der Waals surface area contributed by atoms with Crippen molar-refractivity contribution >= 4 is 35.2 Å². The molecular weight excluding hydrogens is 366 g/mol. The van der Waals surface area contributed by atoms with Gasteiger partial charge in [-0.3, -0.25) is 14.4 Å². The molecule has 1 fully saturated rings. The molecule has 0 aromatic heterocycles. The van der Waals surface area contributed by atoms with Gasteiger partial charge in [-0.2, -0.15) is 0 Å². The van der Waals surface area contributed by atoms with Crippen molar-refractivity contribution in [1.29, 1.82) is 0 Å². The van der Waals surface area contributed by atoms with E-state index in [4.69, 9.17) is 0 Å². The van der Waals surface area contributed by atoms with Gasteiger partial charge in [0.05, 0.1) is 0 Å². The Balaban J connectivity index is 1.50. The van der Waals surface area contributed by atoms with Crippen molar-refractivity contribution in [2.45, 2.75) is 19.8 Å². The number of carbonyl (C=O) groups excluding carboxylic acids is 3. The van der Waals surface area contributed by atoms with Gasteiger partial charge < -0.3 is 15.5 Å². The van der Waals surface area contributed by atoms with E-state index in [-0.39, 0.29) is 23.6 Å². The molecule has 2 aromatic rings. The Labute approximate surface area is 170 Å². The zero-order valence-electron chi connectivity index (χ0n) is 16.4. The normalized spacial score (nSPS) is 14.6. The van der Waals surface area contributed by atoms with Crippen molar-refractivity contribution in [1.82, 2.24) is 4.90 Å². The van der Waals surface area contributed by atoms with Crippen LogP contribution in [0.25, 0.3) is 6.08 Å². The first-order valence-corrected chi connectivity index (χ1v) is 9.72. The first-order valence-electron chi connectivity index (χ1n) is 9.72. The fourth-order valence-electron chi connectivity index (χ4n) is 3.32. The molecule has 2 aromatic carbocycles. The maximum absolute atomic E-state index is 12.6. The molecule has 0 bridgehead atoms. The summed E-state index contributed by atoms with van der Waals surface area (Å²) in [6, 6.07) is 16.8. The lowest BCUT2D eigenvalue weighted by molar-refractivity contribution is -0.130. The molecule has 1 heterocycles. The number of rotatable bonds is 5. The second-order valence-corrected chi connectivity index (χ2v) is 7.09. The summed E-state index contributed by atoms with van der Waals surface area (Å²) in [4.78, 5) is 37.9. The Morgan fingerprint density at radius 3 is 2.24 bits per heavy atom. The van der Waals surface area contributed by atoms with Crippen molar-refractivity contribution < 1.29 is 14.4 Å². The van der Waals surface area contributed by atoms with E-state index in [9.17, 15) is 14.4 Å². The molecule has 1 aliphatic heterocycles. The topological polar surface area (TPSA) is 78.5 Å². The highest BCUT2D eigenvalue weighted by atomic mass is 16.2. The van der Waals surface area contributed by atoms with E-state index in [0.29, 0.717) is 37.3 Å². The van der Waals surface area contributed by atoms with Gasteiger partial charge in [0.2, 0.25) is 17.7 Å². The van der Waals surface area contributed by atoms with Gasteiger partial charge in [-0.1, -0.05) is 36.4 Å². The first kappa shape index (κ1) is 20.3. The van der Waals surface area contributed by atoms with E-state index in [1.165, 1.54) is 6.92 Å². The predicted octanol–water partition coefficient (Wildman–Crippen LogP) is 3.54. The number of likely N-dealkylation sites (tertiary alicyclic amines) is 1. The quantitative estimate of drug-likeness (QED) is 0.766. The molecule has 0 aliphatic carbocycles. The lowest BCUT2D eigenvalue weighted by Crippen LogP contribution is -2.40. The lowest BCUT2D eigenvalue weighted by Gasteiger charge is -2.30. The summed E-state index contributed by atoms with van der Waals surface area (Å²) >= 11 is 0. The number of hydrogen-bond donors (Lipinski definition) is 2. The molecule has 150 valence electrons. The zero-order valence-corrected chi connectivity index (χ0v) is 16.4. The first-order chi connectivity index (χ1) is 14.0. The molecule has 0 saturated carbocycles. The molecule has 0 spiro atoms. The van der Waals surface area contributed by atoms with E-state index >= 15 is 0 Å². The lowest BCUT2D eigenvalue weighted by atomic mass is 9.95. The minimum absolute atomic E-state index is 0.0317. The van der Waals surface area contributed by atoms with Crippen molar-refractivity contribution in [3.63, 3.8) is 0 Å². The largest absolute Gasteiger partial charge is 0.339 e. The van der Waals surface area contributed by atoms with Crippen LogP contribution in [-0.2, 0) is 14.4 Å². The molecular formula is C23H25N3O3. The van der Waals surface area contributed by atoms with Gasteiger partial charge in [0.15, 0.2) is 0 Å². The summed E-state index contributed by atoms with van der Waals surface area (Å²) < 4.78 is 0. The minimum atomic E-state index is -0.160. The molecule has 3 rings (SSSR count). The molecule has 3 amide bonds. The second-order valence-electron chi connectivity index (χ2n) is 7.09. The molecule has 1 aliphatic rings. The molecule has 0 radical (unpaired) electrons. The Kier molecular flexibility index (Phi) is 6.79. The Hall–Kier alpha value is -3.41. The summed E-state index contributed by atoms with van der Waals surface area (Å²) in [5, 5.41) is 5.61. The van der Waals surface area contributed by atoms with Crippen molar-refractivity contribution in [3.8, 4) is 0 Å². The number of piperidine rings is 1. The number of nitrogens with one attached hydrogen (secondary N) is 2. The number of nitrogens with zero attached hydrogens (tertiary/aromatic N) is 1. The Bertz CT molecular complexity index is 901. The number of anilines is 2. The van der Waals surface area contributed by atoms with Gasteiger partial charge in [0.25, 0.3) is 0 Å². The maximum Gasteiger partial charge on any atom is 0.246 e. The number of carbonyl (C=O) groups is 3. The summed E-state index contributed by atoms with van der Waals surface area (Å²) in [6.45, 7) is 2.55. The number of benzene rings is 2. The monoisotopic (exact) mass is 391 g/mol. The predicted molar refractivity (Wildman–Crippen MR) is 114 cm³/mol. The van der Waals surface area contributed by atoms with Crippen LogP contribution < -0.4 is 10.6 Å². The molecule has 6 nitrogen and oxygen atoms in total. The van der Waals surface area contributed by atoms with E-state index in [0.717, 1.165) is 5.56 Å². The second kappa shape index (κ2) is 9.68. The Morgan fingerprint density at radius 2 is 1.59 bits per heavy atom. The average molecular weight is 391 g/mol. The molecule has 6 heteroatoms. The van der Waals surface area contributed by atoms with Crippen molar-refractivity contribution in [2.75, 3.05) is 23.7 Å². The van der Waals surface area contributed by atoms with Gasteiger partial charge in [-0.15, -0.1) is 0 Å². The zero-order chi connectivity index (χ0) is 20.6. The highest BCUT2D eigenvalue weighted by molar-refractivity contribution is 5.95. The molecule has 2 N–H and O–H groups in total. The third-order valence-corrected chi connectivity index (χ3v) is 4.85. The van der Waals surface area contributed by atoms with Crippen LogP contribution in [0.1, 0.15) is 25.3 Å². The van der Waals surface area contributed by atoms with E-state index in [1.54, 1.807) is 35.2 Å². The SMILES string of the molecule is CC(=O)Nc1cccc(NC(=O)C2CCN(C(=O)/C=C/c3ccccc3)CC2)c1. The van der Waals surface area contributed by atoms with E-state index < -0.39 is 0 Å². The molecule has 0 atom stereocenters. The van der Waals surface area contributed by atoms with Gasteiger partial charge in [0.1, 0.15) is 0 Å². The van der Waals surface area contributed by atoms with Crippen LogP contribution in [0.4, 0.5) is 11.4 Å². The van der Waals surface area contributed by atoms with Crippen LogP contribution >= 0.6 is 0 Å². The van der Waals surface area contributed by atoms with Crippen molar-refractivity contribution in [3.05, 3.63) is 66.2 Å². The maximum atomic E-state index is 12.6. The third kappa shape index (κ3) is 6.04. The van der Waals surface area contributed by atoms with E-state index in [2.05, 4.69) is 10.6 Å². The van der Waals surface area contributed by atoms with Crippen LogP contribution in [-0.4, -0.2) is 35.7 Å². The third-order valence-electron chi connectivity index (χ3n) is 4.85. The summed E-state index contributed by atoms with van der Waals surface area (Å²) in [7, 11) is 0. The van der Waals surface area contributed by atoms with Crippen molar-refractivity contribution in [2.24, 2.45) is 5.92 Å².